The first kappa shape index (κ1) is 76.6. The van der Waals surface area contributed by atoms with Gasteiger partial charge in [0.25, 0.3) is 0 Å². The summed E-state index contributed by atoms with van der Waals surface area (Å²) in [4.78, 5) is 10.6. The number of nitrogens with zero attached hydrogens (tertiary/aromatic N) is 2. The van der Waals surface area contributed by atoms with Crippen molar-refractivity contribution in [2.75, 3.05) is 20.9 Å². The van der Waals surface area contributed by atoms with Crippen LogP contribution in [0.5, 0.6) is 11.5 Å². The molecule has 0 saturated carbocycles. The van der Waals surface area contributed by atoms with Crippen LogP contribution in [-0.4, -0.2) is 38.4 Å². The second-order valence-corrected chi connectivity index (χ2v) is 4.75. The molecule has 2 aromatic rings. The Hall–Kier alpha value is -1.96. The van der Waals surface area contributed by atoms with Crippen LogP contribution in [0.1, 0.15) is 97.6 Å². The number of aldehydes is 1. The monoisotopic (exact) mass is 542 g/mol. The molecule has 7 heteroatoms. The highest BCUT2D eigenvalue weighted by Gasteiger charge is 1.97. The number of carbonyl (C=O) groups excluding carboxylic acids is 1. The molecular weight excluding hydrogens is 474 g/mol. The van der Waals surface area contributed by atoms with Crippen molar-refractivity contribution >= 4 is 32.3 Å². The fourth-order valence-corrected chi connectivity index (χ4v) is 1.64. The number of carbonyl (C=O) groups is 1. The van der Waals surface area contributed by atoms with Crippen molar-refractivity contribution in [2.24, 2.45) is 5.10 Å². The lowest BCUT2D eigenvalue weighted by molar-refractivity contribution is 0.112. The molecule has 2 atom stereocenters. The van der Waals surface area contributed by atoms with Gasteiger partial charge >= 0.3 is 0 Å². The summed E-state index contributed by atoms with van der Waals surface area (Å²) >= 11 is 0. The van der Waals surface area contributed by atoms with Gasteiger partial charge in [-0.05, 0) is 54.1 Å². The topological polar surface area (TPSA) is 51.1 Å². The molecule has 0 bridgehead atoms. The molecule has 0 saturated heterocycles. The van der Waals surface area contributed by atoms with Crippen LogP contribution in [0, 0.1) is 0 Å². The Morgan fingerprint density at radius 3 is 1.23 bits per heavy atom. The Morgan fingerprint density at radius 2 is 0.943 bits per heavy atom. The molecule has 218 valence electrons. The van der Waals surface area contributed by atoms with Gasteiger partial charge in [0.15, 0.2) is 0 Å². The smallest absolute Gasteiger partial charge is 0.230 e. The molecule has 35 heavy (non-hydrogen) atoms. The van der Waals surface area contributed by atoms with E-state index in [0.29, 0.717) is 17.1 Å². The molecule has 2 aromatic carbocycles. The standard InChI is InChI=1S/C17H18N2O3.11CH4.2H3P/c1-19(2)18-11-14-3-7-16(8-4-14)21-13-22-17-9-5-15(12-20)6-10-17;;;;;;;;;;;;;/h3-12H,13H2,1-2H3;11*1H4;2*1H3/b18-11+;;;;;;;;;;;;;. The molecule has 2 rings (SSSR count). The Morgan fingerprint density at radius 1 is 0.629 bits per heavy atom. The molecule has 2 unspecified atom stereocenters. The summed E-state index contributed by atoms with van der Waals surface area (Å²) in [7, 11) is 3.74. The zero-order chi connectivity index (χ0) is 15.8. The lowest BCUT2D eigenvalue weighted by atomic mass is 10.2. The molecule has 5 nitrogen and oxygen atoms in total. The molecule has 0 aliphatic heterocycles. The minimum Gasteiger partial charge on any atom is -0.458 e. The highest BCUT2D eigenvalue weighted by Crippen LogP contribution is 2.14. The summed E-state index contributed by atoms with van der Waals surface area (Å²) in [6.07, 6.45) is 2.57. The fourth-order valence-electron chi connectivity index (χ4n) is 1.64. The van der Waals surface area contributed by atoms with E-state index in [4.69, 9.17) is 9.47 Å². The number of benzene rings is 2. The molecule has 0 N–H and O–H groups in total. The third kappa shape index (κ3) is 30.0. The number of hydrogen-bond acceptors (Lipinski definition) is 5. The van der Waals surface area contributed by atoms with E-state index in [0.717, 1.165) is 11.8 Å². The summed E-state index contributed by atoms with van der Waals surface area (Å²) in [6, 6.07) is 14.4. The Kier molecular flexibility index (Phi) is 92.4. The SMILES string of the molecule is C.C.C.C.C.C.C.C.C.C.C.CN(C)/N=C/c1ccc(OCOc2ccc(C=O)cc2)cc1.P.P. The quantitative estimate of drug-likeness (QED) is 0.115. The van der Waals surface area contributed by atoms with Gasteiger partial charge in [-0.2, -0.15) is 24.9 Å². The molecular formula is C28H68N2O3P2. The van der Waals surface area contributed by atoms with Crippen molar-refractivity contribution in [3.8, 4) is 11.5 Å². The van der Waals surface area contributed by atoms with E-state index in [9.17, 15) is 4.79 Å². The van der Waals surface area contributed by atoms with Crippen LogP contribution in [0.25, 0.3) is 0 Å². The fraction of sp³-hybridized carbons (Fsp3) is 0.500. The van der Waals surface area contributed by atoms with Crippen molar-refractivity contribution in [1.82, 2.24) is 5.01 Å². The van der Waals surface area contributed by atoms with Crippen molar-refractivity contribution in [3.05, 3.63) is 59.7 Å². The second kappa shape index (κ2) is 42.2. The van der Waals surface area contributed by atoms with Gasteiger partial charge in [0.2, 0.25) is 6.79 Å². The molecule has 0 spiro atoms. The summed E-state index contributed by atoms with van der Waals surface area (Å²) in [6.45, 7) is 0.103. The first-order chi connectivity index (χ1) is 10.7. The lowest BCUT2D eigenvalue weighted by Gasteiger charge is -2.09. The van der Waals surface area contributed by atoms with E-state index in [1.165, 1.54) is 0 Å². The van der Waals surface area contributed by atoms with Gasteiger partial charge in [-0.15, -0.1) is 0 Å². The molecule has 0 aromatic heterocycles. The van der Waals surface area contributed by atoms with E-state index in [1.54, 1.807) is 35.5 Å². The maximum Gasteiger partial charge on any atom is 0.230 e. The maximum absolute atomic E-state index is 10.6. The van der Waals surface area contributed by atoms with Gasteiger partial charge < -0.3 is 14.5 Å². The second-order valence-electron chi connectivity index (χ2n) is 4.75. The number of ether oxygens (including phenoxy) is 2. The van der Waals surface area contributed by atoms with Crippen LogP contribution in [0.15, 0.2) is 53.6 Å². The van der Waals surface area contributed by atoms with Crippen LogP contribution in [-0.2, 0) is 0 Å². The van der Waals surface area contributed by atoms with Crippen LogP contribution in [0.3, 0.4) is 0 Å². The predicted octanol–water partition coefficient (Wildman–Crippen LogP) is 9.92. The zero-order valence-corrected chi connectivity index (χ0v) is 16.8. The van der Waals surface area contributed by atoms with Crippen LogP contribution in [0.4, 0.5) is 0 Å². The van der Waals surface area contributed by atoms with Gasteiger partial charge in [-0.25, -0.2) is 0 Å². The van der Waals surface area contributed by atoms with Crippen molar-refractivity contribution in [2.45, 2.75) is 81.7 Å². The third-order valence-electron chi connectivity index (χ3n) is 2.79. The number of hydrogen-bond donors (Lipinski definition) is 0. The number of rotatable bonds is 7. The van der Waals surface area contributed by atoms with E-state index in [-0.39, 0.29) is 108 Å². The summed E-state index contributed by atoms with van der Waals surface area (Å²) in [5, 5.41) is 5.89. The zero-order valence-electron chi connectivity index (χ0n) is 14.0. The van der Waals surface area contributed by atoms with E-state index in [1.807, 2.05) is 38.4 Å². The minimum absolute atomic E-state index is 0. The van der Waals surface area contributed by atoms with Gasteiger partial charge in [-0.3, -0.25) is 4.79 Å². The van der Waals surface area contributed by atoms with Crippen molar-refractivity contribution in [3.63, 3.8) is 0 Å². The molecule has 0 fully saturated rings. The van der Waals surface area contributed by atoms with E-state index in [2.05, 4.69) is 5.10 Å². The van der Waals surface area contributed by atoms with Gasteiger partial charge in [0, 0.05) is 19.7 Å². The first-order valence-electron chi connectivity index (χ1n) is 6.79. The van der Waals surface area contributed by atoms with Crippen LogP contribution >= 0.6 is 19.8 Å². The highest BCUT2D eigenvalue weighted by molar-refractivity contribution is 6.92. The Balaban J connectivity index is -0.0000000407. The van der Waals surface area contributed by atoms with E-state index < -0.39 is 0 Å². The van der Waals surface area contributed by atoms with E-state index >= 15 is 0 Å². The molecule has 0 radical (unpaired) electrons. The predicted molar refractivity (Wildman–Crippen MR) is 182 cm³/mol. The molecule has 0 heterocycles. The molecule has 0 aliphatic carbocycles. The average molecular weight is 543 g/mol. The molecule has 0 amide bonds. The first-order valence-corrected chi connectivity index (χ1v) is 6.79. The highest BCUT2D eigenvalue weighted by atomic mass is 31.0. The van der Waals surface area contributed by atoms with Gasteiger partial charge in [0.1, 0.15) is 17.8 Å². The minimum atomic E-state index is 0. The summed E-state index contributed by atoms with van der Waals surface area (Å²) in [5.74, 6) is 1.37. The van der Waals surface area contributed by atoms with Crippen molar-refractivity contribution in [1.29, 1.82) is 0 Å². The third-order valence-corrected chi connectivity index (χ3v) is 2.79. The summed E-state index contributed by atoms with van der Waals surface area (Å²) in [5.41, 5.74) is 1.61. The van der Waals surface area contributed by atoms with Crippen LogP contribution < -0.4 is 9.47 Å². The van der Waals surface area contributed by atoms with Gasteiger partial charge in [0.05, 0.1) is 6.21 Å². The number of hydrazone groups is 1. The normalized spacial score (nSPS) is 6.57. The maximum atomic E-state index is 10.6. The molecule has 0 aliphatic rings. The average Bonchev–Trinajstić information content (AvgIpc) is 2.55. The lowest BCUT2D eigenvalue weighted by Crippen LogP contribution is -2.05. The largest absolute Gasteiger partial charge is 0.458 e. The Labute approximate surface area is 230 Å². The van der Waals surface area contributed by atoms with Gasteiger partial charge in [-0.1, -0.05) is 81.7 Å². The van der Waals surface area contributed by atoms with Crippen LogP contribution in [0.2, 0.25) is 0 Å². The Bertz CT molecular complexity index is 634. The summed E-state index contributed by atoms with van der Waals surface area (Å²) < 4.78 is 10.9. The van der Waals surface area contributed by atoms with Crippen molar-refractivity contribution < 1.29 is 14.3 Å².